The molecule has 0 N–H and O–H groups in total. The molecule has 1 saturated carbocycles. The normalized spacial score (nSPS) is 21.6. The molecule has 1 aliphatic carbocycles. The van der Waals surface area contributed by atoms with Gasteiger partial charge in [-0.2, -0.15) is 0 Å². The van der Waals surface area contributed by atoms with Crippen LogP contribution in [0.25, 0.3) is 5.65 Å². The predicted octanol–water partition coefficient (Wildman–Crippen LogP) is 4.09. The number of amides is 1. The van der Waals surface area contributed by atoms with Gasteiger partial charge in [0.05, 0.1) is 5.41 Å². The SMILES string of the molecule is O=C(N1CCCC(c2nnc3ccccn23)C1)C1(c2cccc(F)c2)CCCC1. The Kier molecular flexibility index (Phi) is 4.57. The zero-order valence-electron chi connectivity index (χ0n) is 16.4. The van der Waals surface area contributed by atoms with Crippen LogP contribution < -0.4 is 0 Å². The molecule has 29 heavy (non-hydrogen) atoms. The first-order valence-electron chi connectivity index (χ1n) is 10.5. The van der Waals surface area contributed by atoms with Crippen molar-refractivity contribution in [1.29, 1.82) is 0 Å². The van der Waals surface area contributed by atoms with Gasteiger partial charge in [0.1, 0.15) is 11.6 Å². The standard InChI is InChI=1S/C23H25FN4O/c24-19-9-5-8-18(15-19)23(11-2-3-12-23)22(29)27-13-6-7-17(16-27)21-26-25-20-10-1-4-14-28(20)21/h1,4-5,8-10,14-15,17H,2-3,6-7,11-13,16H2. The van der Waals surface area contributed by atoms with E-state index >= 15 is 0 Å². The molecule has 0 radical (unpaired) electrons. The van der Waals surface area contributed by atoms with Gasteiger partial charge >= 0.3 is 0 Å². The number of fused-ring (bicyclic) bond motifs is 1. The van der Waals surface area contributed by atoms with Crippen LogP contribution in [-0.4, -0.2) is 38.5 Å². The lowest BCUT2D eigenvalue weighted by Gasteiger charge is -2.39. The molecular weight excluding hydrogens is 367 g/mol. The lowest BCUT2D eigenvalue weighted by atomic mass is 9.77. The van der Waals surface area contributed by atoms with Crippen molar-refractivity contribution in [3.8, 4) is 0 Å². The summed E-state index contributed by atoms with van der Waals surface area (Å²) in [6.07, 6.45) is 7.53. The molecule has 2 aromatic heterocycles. The lowest BCUT2D eigenvalue weighted by Crippen LogP contribution is -2.49. The topological polar surface area (TPSA) is 50.5 Å². The van der Waals surface area contributed by atoms with Crippen molar-refractivity contribution < 1.29 is 9.18 Å². The molecule has 150 valence electrons. The Morgan fingerprint density at radius 3 is 2.76 bits per heavy atom. The Labute approximate surface area is 169 Å². The van der Waals surface area contributed by atoms with E-state index in [-0.39, 0.29) is 17.6 Å². The molecule has 6 heteroatoms. The smallest absolute Gasteiger partial charge is 0.233 e. The van der Waals surface area contributed by atoms with Crippen LogP contribution in [0.4, 0.5) is 4.39 Å². The van der Waals surface area contributed by atoms with E-state index in [9.17, 15) is 9.18 Å². The quantitative estimate of drug-likeness (QED) is 0.675. The van der Waals surface area contributed by atoms with Gasteiger partial charge in [0.15, 0.2) is 5.65 Å². The van der Waals surface area contributed by atoms with Gasteiger partial charge in [-0.05, 0) is 55.5 Å². The average molecular weight is 392 g/mol. The first-order chi connectivity index (χ1) is 14.2. The Hall–Kier alpha value is -2.76. The Balaban J connectivity index is 1.44. The molecule has 1 amide bonds. The van der Waals surface area contributed by atoms with Gasteiger partial charge < -0.3 is 4.90 Å². The molecule has 0 spiro atoms. The molecule has 1 aliphatic heterocycles. The van der Waals surface area contributed by atoms with Crippen LogP contribution in [0.2, 0.25) is 0 Å². The van der Waals surface area contributed by atoms with Crippen molar-refractivity contribution in [3.63, 3.8) is 0 Å². The number of hydrogen-bond donors (Lipinski definition) is 0. The Morgan fingerprint density at radius 1 is 1.07 bits per heavy atom. The second-order valence-corrected chi connectivity index (χ2v) is 8.38. The fraction of sp³-hybridized carbons (Fsp3) is 0.435. The summed E-state index contributed by atoms with van der Waals surface area (Å²) in [4.78, 5) is 15.8. The average Bonchev–Trinajstić information content (AvgIpc) is 3.42. The van der Waals surface area contributed by atoms with Gasteiger partial charge in [-0.3, -0.25) is 9.20 Å². The number of piperidine rings is 1. The molecule has 3 aromatic rings. The van der Waals surface area contributed by atoms with E-state index in [1.807, 2.05) is 39.8 Å². The van der Waals surface area contributed by atoms with Crippen LogP contribution in [0.15, 0.2) is 48.7 Å². The first-order valence-corrected chi connectivity index (χ1v) is 10.5. The van der Waals surface area contributed by atoms with E-state index < -0.39 is 5.41 Å². The van der Waals surface area contributed by atoms with Gasteiger partial charge in [0, 0.05) is 25.2 Å². The molecule has 5 rings (SSSR count). The summed E-state index contributed by atoms with van der Waals surface area (Å²) in [5.41, 5.74) is 1.07. The number of halogens is 1. The third-order valence-corrected chi connectivity index (χ3v) is 6.66. The molecule has 0 bridgehead atoms. The summed E-state index contributed by atoms with van der Waals surface area (Å²) in [6, 6.07) is 12.5. The van der Waals surface area contributed by atoms with Gasteiger partial charge in [0.25, 0.3) is 0 Å². The van der Waals surface area contributed by atoms with Gasteiger partial charge in [-0.25, -0.2) is 4.39 Å². The number of carbonyl (C=O) groups is 1. The molecule has 1 atom stereocenters. The fourth-order valence-electron chi connectivity index (χ4n) is 5.20. The van der Waals surface area contributed by atoms with Crippen LogP contribution in [0.3, 0.4) is 0 Å². The molecule has 1 saturated heterocycles. The van der Waals surface area contributed by atoms with E-state index in [2.05, 4.69) is 10.2 Å². The van der Waals surface area contributed by atoms with E-state index in [4.69, 9.17) is 0 Å². The van der Waals surface area contributed by atoms with Crippen LogP contribution in [0, 0.1) is 5.82 Å². The van der Waals surface area contributed by atoms with Crippen LogP contribution in [0.5, 0.6) is 0 Å². The maximum absolute atomic E-state index is 13.9. The fourth-order valence-corrected chi connectivity index (χ4v) is 5.20. The van der Waals surface area contributed by atoms with Crippen molar-refractivity contribution in [2.75, 3.05) is 13.1 Å². The number of likely N-dealkylation sites (tertiary alicyclic amines) is 1. The van der Waals surface area contributed by atoms with Crippen molar-refractivity contribution in [2.45, 2.75) is 49.9 Å². The highest BCUT2D eigenvalue weighted by Gasteiger charge is 2.46. The molecule has 2 aliphatic rings. The van der Waals surface area contributed by atoms with Gasteiger partial charge in [-0.15, -0.1) is 10.2 Å². The van der Waals surface area contributed by atoms with Gasteiger partial charge in [0.2, 0.25) is 5.91 Å². The number of hydrogen-bond acceptors (Lipinski definition) is 3. The van der Waals surface area contributed by atoms with Crippen LogP contribution >= 0.6 is 0 Å². The Bertz CT molecular complexity index is 1040. The number of aromatic nitrogens is 3. The number of carbonyl (C=O) groups excluding carboxylic acids is 1. The van der Waals surface area contributed by atoms with Crippen molar-refractivity contribution in [3.05, 3.63) is 65.9 Å². The summed E-state index contributed by atoms with van der Waals surface area (Å²) in [6.45, 7) is 1.40. The predicted molar refractivity (Wildman–Crippen MR) is 108 cm³/mol. The van der Waals surface area contributed by atoms with Crippen LogP contribution in [-0.2, 0) is 10.2 Å². The molecular formula is C23H25FN4O. The summed E-state index contributed by atoms with van der Waals surface area (Å²) < 4.78 is 16.0. The van der Waals surface area contributed by atoms with Gasteiger partial charge in [-0.1, -0.05) is 31.0 Å². The minimum Gasteiger partial charge on any atom is -0.341 e. The van der Waals surface area contributed by atoms with Crippen molar-refractivity contribution >= 4 is 11.6 Å². The number of nitrogens with zero attached hydrogens (tertiary/aromatic N) is 4. The second kappa shape index (κ2) is 7.25. The third kappa shape index (κ3) is 3.11. The zero-order valence-corrected chi connectivity index (χ0v) is 16.4. The highest BCUT2D eigenvalue weighted by molar-refractivity contribution is 5.88. The molecule has 5 nitrogen and oxygen atoms in total. The number of benzene rings is 1. The zero-order chi connectivity index (χ0) is 19.8. The minimum absolute atomic E-state index is 0.152. The highest BCUT2D eigenvalue weighted by Crippen LogP contribution is 2.43. The maximum Gasteiger partial charge on any atom is 0.233 e. The van der Waals surface area contributed by atoms with E-state index in [1.54, 1.807) is 12.1 Å². The second-order valence-electron chi connectivity index (χ2n) is 8.38. The summed E-state index contributed by atoms with van der Waals surface area (Å²) in [5, 5.41) is 8.70. The van der Waals surface area contributed by atoms with E-state index in [0.717, 1.165) is 62.1 Å². The summed E-state index contributed by atoms with van der Waals surface area (Å²) in [5.74, 6) is 0.965. The van der Waals surface area contributed by atoms with Crippen LogP contribution in [0.1, 0.15) is 55.8 Å². The summed E-state index contributed by atoms with van der Waals surface area (Å²) >= 11 is 0. The third-order valence-electron chi connectivity index (χ3n) is 6.66. The molecule has 3 heterocycles. The molecule has 1 unspecified atom stereocenters. The highest BCUT2D eigenvalue weighted by atomic mass is 19.1. The summed E-state index contributed by atoms with van der Waals surface area (Å²) in [7, 11) is 0. The molecule has 1 aromatic carbocycles. The molecule has 2 fully saturated rings. The Morgan fingerprint density at radius 2 is 1.93 bits per heavy atom. The van der Waals surface area contributed by atoms with Crippen molar-refractivity contribution in [2.24, 2.45) is 0 Å². The maximum atomic E-state index is 13.9. The van der Waals surface area contributed by atoms with E-state index in [1.165, 1.54) is 6.07 Å². The lowest BCUT2D eigenvalue weighted by molar-refractivity contribution is -0.138. The van der Waals surface area contributed by atoms with Crippen molar-refractivity contribution in [1.82, 2.24) is 19.5 Å². The first kappa shape index (κ1) is 18.3. The van der Waals surface area contributed by atoms with E-state index in [0.29, 0.717) is 6.54 Å². The minimum atomic E-state index is -0.586. The monoisotopic (exact) mass is 392 g/mol. The largest absolute Gasteiger partial charge is 0.341 e. The number of pyridine rings is 1. The number of rotatable bonds is 3.